The van der Waals surface area contributed by atoms with Crippen molar-refractivity contribution in [3.05, 3.63) is 57.8 Å². The van der Waals surface area contributed by atoms with Crippen LogP contribution in [0.5, 0.6) is 0 Å². The van der Waals surface area contributed by atoms with E-state index in [4.69, 9.17) is 23.2 Å². The van der Waals surface area contributed by atoms with Crippen LogP contribution in [-0.4, -0.2) is 42.0 Å². The van der Waals surface area contributed by atoms with Gasteiger partial charge in [-0.1, -0.05) is 23.2 Å². The Morgan fingerprint density at radius 1 is 0.962 bits per heavy atom. The van der Waals surface area contributed by atoms with Crippen LogP contribution < -0.4 is 4.90 Å². The molecule has 1 aliphatic heterocycles. The molecule has 1 amide bonds. The highest BCUT2D eigenvalue weighted by molar-refractivity contribution is 6.33. The van der Waals surface area contributed by atoms with Gasteiger partial charge in [-0.05, 0) is 36.4 Å². The lowest BCUT2D eigenvalue weighted by atomic mass is 10.1. The highest BCUT2D eigenvalue weighted by atomic mass is 35.5. The predicted octanol–water partition coefficient (Wildman–Crippen LogP) is 4.37. The van der Waals surface area contributed by atoms with Gasteiger partial charge in [-0.2, -0.15) is 13.2 Å². The number of pyridine rings is 1. The summed E-state index contributed by atoms with van der Waals surface area (Å²) in [7, 11) is 0. The fourth-order valence-corrected chi connectivity index (χ4v) is 3.26. The maximum Gasteiger partial charge on any atom is 0.416 e. The molecule has 0 aliphatic carbocycles. The van der Waals surface area contributed by atoms with Gasteiger partial charge in [0.1, 0.15) is 10.3 Å². The summed E-state index contributed by atoms with van der Waals surface area (Å²) in [4.78, 5) is 19.9. The third-order valence-electron chi connectivity index (χ3n) is 4.14. The van der Waals surface area contributed by atoms with Crippen LogP contribution in [0.1, 0.15) is 15.9 Å². The van der Waals surface area contributed by atoms with Crippen molar-refractivity contribution in [1.82, 2.24) is 9.88 Å². The molecule has 138 valence electrons. The van der Waals surface area contributed by atoms with Gasteiger partial charge in [-0.3, -0.25) is 4.79 Å². The summed E-state index contributed by atoms with van der Waals surface area (Å²) in [6.45, 7) is 1.92. The molecule has 1 aromatic heterocycles. The van der Waals surface area contributed by atoms with Crippen LogP contribution in [0, 0.1) is 0 Å². The molecule has 1 saturated heterocycles. The molecule has 0 N–H and O–H groups in total. The lowest BCUT2D eigenvalue weighted by Crippen LogP contribution is -2.48. The van der Waals surface area contributed by atoms with Crippen LogP contribution in [-0.2, 0) is 6.18 Å². The summed E-state index contributed by atoms with van der Waals surface area (Å²) in [6.07, 6.45) is -4.35. The number of aromatic nitrogens is 1. The standard InChI is InChI=1S/C17H14Cl2F3N3O/c18-14-9-11(10-15(19)23-14)16(26)25-7-5-24(6-8-25)13-3-1-12(2-4-13)17(20,21)22/h1-4,9-10H,5-8H2. The summed E-state index contributed by atoms with van der Waals surface area (Å²) in [6, 6.07) is 7.93. The number of piperazine rings is 1. The first-order valence-electron chi connectivity index (χ1n) is 7.78. The van der Waals surface area contributed by atoms with Gasteiger partial charge in [0, 0.05) is 37.4 Å². The molecule has 1 aliphatic rings. The van der Waals surface area contributed by atoms with E-state index in [0.29, 0.717) is 37.4 Å². The lowest BCUT2D eigenvalue weighted by Gasteiger charge is -2.36. The topological polar surface area (TPSA) is 36.4 Å². The quantitative estimate of drug-likeness (QED) is 0.698. The van der Waals surface area contributed by atoms with E-state index in [1.807, 2.05) is 4.90 Å². The van der Waals surface area contributed by atoms with Gasteiger partial charge >= 0.3 is 6.18 Å². The van der Waals surface area contributed by atoms with Crippen LogP contribution in [0.2, 0.25) is 10.3 Å². The van der Waals surface area contributed by atoms with Crippen LogP contribution in [0.4, 0.5) is 18.9 Å². The van der Waals surface area contributed by atoms with Crippen molar-refractivity contribution in [3.63, 3.8) is 0 Å². The molecule has 9 heteroatoms. The molecule has 2 heterocycles. The second-order valence-corrected chi connectivity index (χ2v) is 6.60. The SMILES string of the molecule is O=C(c1cc(Cl)nc(Cl)c1)N1CCN(c2ccc(C(F)(F)F)cc2)CC1. The lowest BCUT2D eigenvalue weighted by molar-refractivity contribution is -0.137. The highest BCUT2D eigenvalue weighted by Crippen LogP contribution is 2.30. The fraction of sp³-hybridized carbons (Fsp3) is 0.294. The Morgan fingerprint density at radius 2 is 1.50 bits per heavy atom. The molecule has 26 heavy (non-hydrogen) atoms. The van der Waals surface area contributed by atoms with Crippen LogP contribution in [0.15, 0.2) is 36.4 Å². The Kier molecular flexibility index (Phi) is 5.29. The Morgan fingerprint density at radius 3 is 2.00 bits per heavy atom. The largest absolute Gasteiger partial charge is 0.416 e. The molecule has 3 rings (SSSR count). The Labute approximate surface area is 158 Å². The minimum Gasteiger partial charge on any atom is -0.368 e. The van der Waals surface area contributed by atoms with E-state index in [1.165, 1.54) is 24.3 Å². The predicted molar refractivity (Wildman–Crippen MR) is 93.8 cm³/mol. The summed E-state index contributed by atoms with van der Waals surface area (Å²) >= 11 is 11.7. The van der Waals surface area contributed by atoms with Gasteiger partial charge in [-0.25, -0.2) is 4.98 Å². The van der Waals surface area contributed by atoms with Crippen molar-refractivity contribution in [2.45, 2.75) is 6.18 Å². The Balaban J connectivity index is 1.64. The normalized spacial score (nSPS) is 15.3. The zero-order valence-electron chi connectivity index (χ0n) is 13.4. The molecular formula is C17H14Cl2F3N3O. The Bertz CT molecular complexity index is 784. The summed E-state index contributed by atoms with van der Waals surface area (Å²) < 4.78 is 37.9. The van der Waals surface area contributed by atoms with Gasteiger partial charge in [0.2, 0.25) is 0 Å². The molecule has 1 aromatic carbocycles. The summed E-state index contributed by atoms with van der Waals surface area (Å²) in [5.41, 5.74) is 0.375. The number of amides is 1. The van der Waals surface area contributed by atoms with Crippen molar-refractivity contribution in [2.75, 3.05) is 31.1 Å². The van der Waals surface area contributed by atoms with E-state index >= 15 is 0 Å². The first-order chi connectivity index (χ1) is 12.2. The maximum atomic E-state index is 12.6. The fourth-order valence-electron chi connectivity index (χ4n) is 2.80. The van der Waals surface area contributed by atoms with Gasteiger partial charge in [-0.15, -0.1) is 0 Å². The van der Waals surface area contributed by atoms with E-state index in [-0.39, 0.29) is 16.2 Å². The van der Waals surface area contributed by atoms with E-state index in [9.17, 15) is 18.0 Å². The molecule has 0 atom stereocenters. The second kappa shape index (κ2) is 7.32. The molecule has 2 aromatic rings. The minimum absolute atomic E-state index is 0.143. The number of alkyl halides is 3. The Hall–Kier alpha value is -1.99. The number of anilines is 1. The average molecular weight is 404 g/mol. The molecule has 0 bridgehead atoms. The zero-order chi connectivity index (χ0) is 18.9. The van der Waals surface area contributed by atoms with Crippen molar-refractivity contribution in [1.29, 1.82) is 0 Å². The van der Waals surface area contributed by atoms with Gasteiger partial charge in [0.25, 0.3) is 5.91 Å². The monoisotopic (exact) mass is 403 g/mol. The van der Waals surface area contributed by atoms with E-state index < -0.39 is 11.7 Å². The summed E-state index contributed by atoms with van der Waals surface area (Å²) in [5.74, 6) is -0.205. The number of rotatable bonds is 2. The van der Waals surface area contributed by atoms with E-state index in [2.05, 4.69) is 4.98 Å². The van der Waals surface area contributed by atoms with Crippen molar-refractivity contribution < 1.29 is 18.0 Å². The number of benzene rings is 1. The molecule has 0 radical (unpaired) electrons. The summed E-state index contributed by atoms with van der Waals surface area (Å²) in [5, 5.41) is 0.286. The maximum absolute atomic E-state index is 12.6. The molecule has 4 nitrogen and oxygen atoms in total. The number of nitrogens with zero attached hydrogens (tertiary/aromatic N) is 3. The first-order valence-corrected chi connectivity index (χ1v) is 8.54. The average Bonchev–Trinajstić information content (AvgIpc) is 2.60. The third kappa shape index (κ3) is 4.22. The van der Waals surface area contributed by atoms with Crippen LogP contribution in [0.25, 0.3) is 0 Å². The van der Waals surface area contributed by atoms with Crippen molar-refractivity contribution in [3.8, 4) is 0 Å². The molecule has 0 spiro atoms. The number of hydrogen-bond donors (Lipinski definition) is 0. The number of hydrogen-bond acceptors (Lipinski definition) is 3. The number of halogens is 5. The highest BCUT2D eigenvalue weighted by Gasteiger charge is 2.30. The second-order valence-electron chi connectivity index (χ2n) is 5.83. The van der Waals surface area contributed by atoms with Crippen molar-refractivity contribution in [2.24, 2.45) is 0 Å². The zero-order valence-corrected chi connectivity index (χ0v) is 14.9. The third-order valence-corrected chi connectivity index (χ3v) is 4.52. The molecule has 0 unspecified atom stereocenters. The van der Waals surface area contributed by atoms with E-state index in [0.717, 1.165) is 12.1 Å². The van der Waals surface area contributed by atoms with Gasteiger partial charge < -0.3 is 9.80 Å². The van der Waals surface area contributed by atoms with Gasteiger partial charge in [0.15, 0.2) is 0 Å². The van der Waals surface area contributed by atoms with E-state index in [1.54, 1.807) is 4.90 Å². The minimum atomic E-state index is -4.35. The van der Waals surface area contributed by atoms with Crippen LogP contribution >= 0.6 is 23.2 Å². The number of carbonyl (C=O) groups is 1. The van der Waals surface area contributed by atoms with Crippen LogP contribution in [0.3, 0.4) is 0 Å². The molecule has 0 saturated carbocycles. The number of carbonyl (C=O) groups excluding carboxylic acids is 1. The smallest absolute Gasteiger partial charge is 0.368 e. The first kappa shape index (κ1) is 18.8. The molecule has 1 fully saturated rings. The van der Waals surface area contributed by atoms with Crippen molar-refractivity contribution >= 4 is 34.8 Å². The van der Waals surface area contributed by atoms with Gasteiger partial charge in [0.05, 0.1) is 5.56 Å². The molecular weight excluding hydrogens is 390 g/mol.